The van der Waals surface area contributed by atoms with Crippen LogP contribution in [0.1, 0.15) is 0 Å². The Balaban J connectivity index is 0.889. The van der Waals surface area contributed by atoms with Crippen molar-refractivity contribution in [2.75, 3.05) is 14.7 Å². The molecule has 1 aliphatic heterocycles. The number of hydrogen-bond acceptors (Lipinski definition) is 3. The van der Waals surface area contributed by atoms with Crippen molar-refractivity contribution in [3.05, 3.63) is 291 Å². The molecule has 0 atom stereocenters. The molecule has 0 bridgehead atoms. The summed E-state index contributed by atoms with van der Waals surface area (Å²) in [4.78, 5) is 7.25. The lowest BCUT2D eigenvalue weighted by Gasteiger charge is -2.41. The van der Waals surface area contributed by atoms with E-state index >= 15 is 0 Å². The fraction of sp³-hybridized carbons (Fsp3) is 0. The van der Waals surface area contributed by atoms with Crippen LogP contribution in [0.15, 0.2) is 291 Å². The second kappa shape index (κ2) is 18.1. The molecule has 348 valence electrons. The zero-order chi connectivity index (χ0) is 49.0. The molecule has 1 aliphatic rings. The molecule has 2 heterocycles. The average Bonchev–Trinajstić information content (AvgIpc) is 3.82. The Morgan fingerprint density at radius 2 is 0.689 bits per heavy atom. The number of rotatable bonds is 9. The van der Waals surface area contributed by atoms with E-state index in [1.165, 1.54) is 49.3 Å². The van der Waals surface area contributed by atoms with Crippen LogP contribution in [0.3, 0.4) is 0 Å². The lowest BCUT2D eigenvalue weighted by molar-refractivity contribution is 1.17. The van der Waals surface area contributed by atoms with Gasteiger partial charge in [-0.1, -0.05) is 182 Å². The summed E-state index contributed by atoms with van der Waals surface area (Å²) < 4.78 is 2.37. The third kappa shape index (κ3) is 7.39. The molecule has 1 aromatic heterocycles. The number of anilines is 9. The number of benzene rings is 12. The summed E-state index contributed by atoms with van der Waals surface area (Å²) >= 11 is 0. The van der Waals surface area contributed by atoms with Crippen molar-refractivity contribution in [1.82, 2.24) is 4.57 Å². The predicted molar refractivity (Wildman–Crippen MR) is 312 cm³/mol. The van der Waals surface area contributed by atoms with E-state index in [0.717, 1.165) is 73.6 Å². The fourth-order valence-electron chi connectivity index (χ4n) is 11.2. The predicted octanol–water partition coefficient (Wildman–Crippen LogP) is 19.7. The molecule has 4 nitrogen and oxygen atoms in total. The van der Waals surface area contributed by atoms with Crippen LogP contribution in [0.4, 0.5) is 51.2 Å². The minimum absolute atomic E-state index is 1.09. The zero-order valence-corrected chi connectivity index (χ0v) is 40.5. The lowest BCUT2D eigenvalue weighted by atomic mass is 9.96. The number of para-hydroxylation sites is 4. The van der Waals surface area contributed by atoms with Gasteiger partial charge < -0.3 is 19.3 Å². The molecule has 4 heteroatoms. The molecule has 0 unspecified atom stereocenters. The van der Waals surface area contributed by atoms with Crippen LogP contribution in [-0.2, 0) is 0 Å². The van der Waals surface area contributed by atoms with E-state index in [1.807, 2.05) is 0 Å². The molecule has 0 fully saturated rings. The molecule has 14 rings (SSSR count). The van der Waals surface area contributed by atoms with Crippen LogP contribution in [-0.4, -0.2) is 4.57 Å². The Kier molecular flexibility index (Phi) is 10.5. The van der Waals surface area contributed by atoms with Gasteiger partial charge in [-0.3, -0.25) is 0 Å². The van der Waals surface area contributed by atoms with E-state index in [9.17, 15) is 0 Å². The molecule has 0 radical (unpaired) electrons. The van der Waals surface area contributed by atoms with Gasteiger partial charge in [-0.15, -0.1) is 0 Å². The Hall–Kier alpha value is -9.90. The molecular formula is C70H48N4. The van der Waals surface area contributed by atoms with Crippen LogP contribution in [0.2, 0.25) is 0 Å². The normalized spacial score (nSPS) is 12.0. The number of aromatic nitrogens is 1. The topological polar surface area (TPSA) is 14.7 Å². The van der Waals surface area contributed by atoms with Gasteiger partial charge in [0.15, 0.2) is 0 Å². The molecule has 0 spiro atoms. The van der Waals surface area contributed by atoms with Gasteiger partial charge in [0.25, 0.3) is 0 Å². The molecule has 12 aromatic carbocycles. The quantitative estimate of drug-likeness (QED) is 0.143. The summed E-state index contributed by atoms with van der Waals surface area (Å²) in [5.41, 5.74) is 20.5. The molecule has 0 saturated heterocycles. The molecule has 0 aliphatic carbocycles. The number of hydrogen-bond donors (Lipinski definition) is 0. The van der Waals surface area contributed by atoms with Crippen molar-refractivity contribution in [2.45, 2.75) is 0 Å². The standard InChI is InChI=1S/C70H48N4/c1-5-18-49(19-6-1)54-37-44-67-69(47-54)74(58-26-11-4-12-27-58)70-48-55(51-32-39-59(40-33-51)71(56-22-7-2-8-23-56)64-31-17-21-52-20-13-14-28-61(52)64)38-45-68(70)73(67)60-41-34-50(35-42-60)53-36-43-66-63(46-53)62-29-15-16-30-65(62)72(66)57-24-9-3-10-25-57/h1-48H. The van der Waals surface area contributed by atoms with Crippen molar-refractivity contribution >= 4 is 83.8 Å². The highest BCUT2D eigenvalue weighted by Gasteiger charge is 2.32. The highest BCUT2D eigenvalue weighted by atomic mass is 15.3. The Morgan fingerprint density at radius 1 is 0.243 bits per heavy atom. The van der Waals surface area contributed by atoms with E-state index in [0.29, 0.717) is 0 Å². The van der Waals surface area contributed by atoms with E-state index in [1.54, 1.807) is 0 Å². The van der Waals surface area contributed by atoms with E-state index < -0.39 is 0 Å². The van der Waals surface area contributed by atoms with Crippen molar-refractivity contribution < 1.29 is 0 Å². The van der Waals surface area contributed by atoms with E-state index in [2.05, 4.69) is 310 Å². The summed E-state index contributed by atoms with van der Waals surface area (Å²) in [5.74, 6) is 0. The first kappa shape index (κ1) is 42.9. The lowest BCUT2D eigenvalue weighted by Crippen LogP contribution is -2.24. The third-order valence-corrected chi connectivity index (χ3v) is 14.7. The van der Waals surface area contributed by atoms with Gasteiger partial charge in [-0.05, 0) is 148 Å². The Bertz CT molecular complexity index is 4160. The third-order valence-electron chi connectivity index (χ3n) is 14.7. The van der Waals surface area contributed by atoms with Crippen LogP contribution < -0.4 is 14.7 Å². The second-order valence-electron chi connectivity index (χ2n) is 19.0. The monoisotopic (exact) mass is 944 g/mol. The average molecular weight is 945 g/mol. The van der Waals surface area contributed by atoms with Gasteiger partial charge in [-0.25, -0.2) is 0 Å². The maximum absolute atomic E-state index is 2.44. The summed E-state index contributed by atoms with van der Waals surface area (Å²) in [6.45, 7) is 0. The van der Waals surface area contributed by atoms with Gasteiger partial charge in [0.1, 0.15) is 0 Å². The fourth-order valence-corrected chi connectivity index (χ4v) is 11.2. The van der Waals surface area contributed by atoms with Crippen molar-refractivity contribution in [1.29, 1.82) is 0 Å². The van der Waals surface area contributed by atoms with Gasteiger partial charge in [0, 0.05) is 44.6 Å². The summed E-state index contributed by atoms with van der Waals surface area (Å²) in [6.07, 6.45) is 0. The first-order chi connectivity index (χ1) is 36.7. The maximum Gasteiger partial charge on any atom is 0.0709 e. The van der Waals surface area contributed by atoms with Crippen LogP contribution in [0.25, 0.3) is 71.6 Å². The highest BCUT2D eigenvalue weighted by Crippen LogP contribution is 2.56. The molecule has 13 aromatic rings. The van der Waals surface area contributed by atoms with Crippen molar-refractivity contribution in [2.24, 2.45) is 0 Å². The van der Waals surface area contributed by atoms with Crippen LogP contribution in [0, 0.1) is 0 Å². The molecule has 0 N–H and O–H groups in total. The first-order valence-corrected chi connectivity index (χ1v) is 25.3. The smallest absolute Gasteiger partial charge is 0.0709 e. The summed E-state index contributed by atoms with van der Waals surface area (Å²) in [7, 11) is 0. The zero-order valence-electron chi connectivity index (χ0n) is 40.5. The molecule has 0 amide bonds. The van der Waals surface area contributed by atoms with Crippen LogP contribution >= 0.6 is 0 Å². The van der Waals surface area contributed by atoms with Crippen LogP contribution in [0.5, 0.6) is 0 Å². The Morgan fingerprint density at radius 3 is 1.36 bits per heavy atom. The highest BCUT2D eigenvalue weighted by molar-refractivity contribution is 6.11. The van der Waals surface area contributed by atoms with Crippen molar-refractivity contribution in [3.63, 3.8) is 0 Å². The van der Waals surface area contributed by atoms with E-state index in [4.69, 9.17) is 0 Å². The first-order valence-electron chi connectivity index (χ1n) is 25.3. The minimum atomic E-state index is 1.09. The van der Waals surface area contributed by atoms with Gasteiger partial charge in [0.05, 0.1) is 39.5 Å². The Labute approximate surface area is 431 Å². The number of fused-ring (bicyclic) bond motifs is 6. The van der Waals surface area contributed by atoms with E-state index in [-0.39, 0.29) is 0 Å². The van der Waals surface area contributed by atoms with Crippen molar-refractivity contribution in [3.8, 4) is 39.1 Å². The minimum Gasteiger partial charge on any atom is -0.310 e. The molecular weight excluding hydrogens is 897 g/mol. The summed E-state index contributed by atoms with van der Waals surface area (Å²) in [5, 5.41) is 4.90. The summed E-state index contributed by atoms with van der Waals surface area (Å²) in [6, 6.07) is 106. The van der Waals surface area contributed by atoms with Gasteiger partial charge in [0.2, 0.25) is 0 Å². The van der Waals surface area contributed by atoms with Gasteiger partial charge >= 0.3 is 0 Å². The molecule has 0 saturated carbocycles. The maximum atomic E-state index is 2.44. The number of nitrogens with zero attached hydrogens (tertiary/aromatic N) is 4. The van der Waals surface area contributed by atoms with Gasteiger partial charge in [-0.2, -0.15) is 0 Å². The SMILES string of the molecule is c1ccc(-c2ccc3c(c2)N(c2ccccc2)c2cc(-c4ccc(N(c5ccccc5)c5cccc6ccccc56)cc4)ccc2N3c2ccc(-c3ccc4c(c3)c3ccccc3n4-c3ccccc3)cc2)cc1. The second-order valence-corrected chi connectivity index (χ2v) is 19.0. The molecule has 74 heavy (non-hydrogen) atoms. The largest absolute Gasteiger partial charge is 0.310 e.